The van der Waals surface area contributed by atoms with Gasteiger partial charge in [-0.05, 0) is 37.2 Å². The van der Waals surface area contributed by atoms with Gasteiger partial charge in [-0.2, -0.15) is 0 Å². The molecule has 0 bridgehead atoms. The summed E-state index contributed by atoms with van der Waals surface area (Å²) in [6.07, 6.45) is -1.66. The Morgan fingerprint density at radius 1 is 1.05 bits per heavy atom. The third-order valence-corrected chi connectivity index (χ3v) is 10.0. The first-order valence-corrected chi connectivity index (χ1v) is 14.9. The molecule has 3 aliphatic rings. The molecule has 3 unspecified atom stereocenters. The molecule has 1 fully saturated rings. The van der Waals surface area contributed by atoms with Crippen molar-refractivity contribution in [2.24, 2.45) is 17.6 Å². The van der Waals surface area contributed by atoms with Crippen LogP contribution in [0.1, 0.15) is 43.4 Å². The highest BCUT2D eigenvalue weighted by molar-refractivity contribution is 7.99. The van der Waals surface area contributed by atoms with Crippen molar-refractivity contribution < 1.29 is 39.9 Å². The highest BCUT2D eigenvalue weighted by Crippen LogP contribution is 2.57. The SMILES string of the molecule is CN(C)[C@@H]1C(=O)C(C(N)=O)=C(O)[C@@]2(O)C(=O)C3=C(O)c4c(ccc(C(C)(C)C)c4O)C(CSc4ccccc4)C3[C@H](O)C12. The Morgan fingerprint density at radius 2 is 1.67 bits per heavy atom. The number of carbonyl (C=O) groups is 3. The van der Waals surface area contributed by atoms with Crippen LogP contribution < -0.4 is 5.73 Å². The number of carbonyl (C=O) groups excluding carboxylic acids is 3. The van der Waals surface area contributed by atoms with E-state index in [9.17, 15) is 39.9 Å². The number of phenols is 1. The van der Waals surface area contributed by atoms with Crippen molar-refractivity contribution in [1.29, 1.82) is 0 Å². The topological polar surface area (TPSA) is 182 Å². The number of Topliss-reactive ketones (excluding diaryl/α,β-unsaturated/α-hetero) is 2. The number of hydrogen-bond acceptors (Lipinski definition) is 10. The number of likely N-dealkylation sites (N-methyl/N-ethyl adjacent to an activating group) is 1. The Balaban J connectivity index is 1.80. The van der Waals surface area contributed by atoms with Crippen LogP contribution in [0.4, 0.5) is 0 Å². The summed E-state index contributed by atoms with van der Waals surface area (Å²) in [5.74, 6) is -8.76. The summed E-state index contributed by atoms with van der Waals surface area (Å²) in [6, 6.07) is 11.5. The van der Waals surface area contributed by atoms with Gasteiger partial charge in [-0.1, -0.05) is 51.1 Å². The monoisotopic (exact) mass is 608 g/mol. The van der Waals surface area contributed by atoms with E-state index in [-0.39, 0.29) is 17.1 Å². The van der Waals surface area contributed by atoms with Crippen molar-refractivity contribution in [2.75, 3.05) is 19.8 Å². The molecule has 1 saturated carbocycles. The van der Waals surface area contributed by atoms with Gasteiger partial charge in [0.15, 0.2) is 11.4 Å². The lowest BCUT2D eigenvalue weighted by Crippen LogP contribution is -2.70. The van der Waals surface area contributed by atoms with Crippen LogP contribution >= 0.6 is 11.8 Å². The van der Waals surface area contributed by atoms with Crippen LogP contribution in [-0.2, 0) is 19.8 Å². The van der Waals surface area contributed by atoms with Crippen LogP contribution in [0, 0.1) is 11.8 Å². The molecular formula is C32H36N2O8S. The molecule has 1 amide bonds. The summed E-state index contributed by atoms with van der Waals surface area (Å²) in [4.78, 5) is 42.4. The number of aliphatic hydroxyl groups excluding tert-OH is 3. The zero-order valence-corrected chi connectivity index (χ0v) is 25.3. The molecule has 228 valence electrons. The number of hydrogen-bond donors (Lipinski definition) is 6. The van der Waals surface area contributed by atoms with E-state index in [1.807, 2.05) is 51.1 Å². The molecule has 0 heterocycles. The predicted molar refractivity (Wildman–Crippen MR) is 161 cm³/mol. The lowest BCUT2D eigenvalue weighted by Gasteiger charge is -2.54. The molecule has 0 aromatic heterocycles. The number of fused-ring (bicyclic) bond motifs is 3. The van der Waals surface area contributed by atoms with E-state index < -0.39 is 81.1 Å². The molecular weight excluding hydrogens is 572 g/mol. The number of primary amides is 1. The van der Waals surface area contributed by atoms with E-state index in [1.165, 1.54) is 30.8 Å². The van der Waals surface area contributed by atoms with Gasteiger partial charge in [-0.3, -0.25) is 19.3 Å². The molecule has 11 heteroatoms. The van der Waals surface area contributed by atoms with Crippen molar-refractivity contribution in [3.63, 3.8) is 0 Å². The number of amides is 1. The lowest BCUT2D eigenvalue weighted by atomic mass is 9.54. The number of nitrogens with two attached hydrogens (primary N) is 1. The zero-order chi connectivity index (χ0) is 31.8. The van der Waals surface area contributed by atoms with E-state index >= 15 is 0 Å². The lowest BCUT2D eigenvalue weighted by molar-refractivity contribution is -0.169. The molecule has 10 nitrogen and oxygen atoms in total. The first-order chi connectivity index (χ1) is 20.0. The number of ketones is 2. The Hall–Kier alpha value is -3.64. The summed E-state index contributed by atoms with van der Waals surface area (Å²) in [5, 5.41) is 58.4. The molecule has 0 spiro atoms. The summed E-state index contributed by atoms with van der Waals surface area (Å²) in [7, 11) is 2.96. The number of thioether (sulfide) groups is 1. The largest absolute Gasteiger partial charge is 0.508 e. The molecule has 0 saturated heterocycles. The van der Waals surface area contributed by atoms with Crippen LogP contribution in [0.15, 0.2) is 64.3 Å². The molecule has 0 radical (unpaired) electrons. The number of phenolic OH excluding ortho intramolecular Hbond substituents is 1. The second-order valence-electron chi connectivity index (χ2n) is 12.7. The zero-order valence-electron chi connectivity index (χ0n) is 24.5. The molecule has 0 aliphatic heterocycles. The van der Waals surface area contributed by atoms with Crippen molar-refractivity contribution in [1.82, 2.24) is 4.90 Å². The third kappa shape index (κ3) is 4.48. The second-order valence-corrected chi connectivity index (χ2v) is 13.8. The Kier molecular flexibility index (Phi) is 7.53. The minimum absolute atomic E-state index is 0.00502. The number of nitrogens with zero attached hydrogens (tertiary/aromatic N) is 1. The van der Waals surface area contributed by atoms with Crippen molar-refractivity contribution in [3.8, 4) is 5.75 Å². The van der Waals surface area contributed by atoms with Gasteiger partial charge < -0.3 is 31.3 Å². The Labute approximate surface area is 253 Å². The minimum Gasteiger partial charge on any atom is -0.508 e. The molecule has 3 aliphatic carbocycles. The molecule has 2 aromatic carbocycles. The fourth-order valence-electron chi connectivity index (χ4n) is 6.94. The van der Waals surface area contributed by atoms with Gasteiger partial charge in [-0.15, -0.1) is 11.8 Å². The van der Waals surface area contributed by atoms with Crippen LogP contribution in [-0.4, -0.2) is 85.5 Å². The predicted octanol–water partition coefficient (Wildman–Crippen LogP) is 2.57. The molecule has 2 aromatic rings. The first-order valence-electron chi connectivity index (χ1n) is 13.9. The second kappa shape index (κ2) is 10.5. The van der Waals surface area contributed by atoms with Gasteiger partial charge in [-0.25, -0.2) is 0 Å². The average molecular weight is 609 g/mol. The van der Waals surface area contributed by atoms with Crippen LogP contribution in [0.5, 0.6) is 5.75 Å². The quantitative estimate of drug-likeness (QED) is 0.218. The van der Waals surface area contributed by atoms with E-state index in [4.69, 9.17) is 5.73 Å². The van der Waals surface area contributed by atoms with Crippen molar-refractivity contribution in [2.45, 2.75) is 54.7 Å². The van der Waals surface area contributed by atoms with Gasteiger partial charge in [0.05, 0.1) is 23.6 Å². The standard InChI is InChI=1S/C32H36N2O8S/c1-31(2,3)17-12-11-15-16(13-43-14-9-7-6-8-10-14)18-20(25(36)19(15)24(17)35)28(39)32(42)22(26(18)37)23(34(4)5)27(38)21(29(32)40)30(33)41/h6-12,16,18,22-23,26,35-37,40,42H,13H2,1-5H3,(H2,33,41)/t16?,18?,22?,23-,26-,32-/m0/s1. The van der Waals surface area contributed by atoms with Gasteiger partial charge in [0.25, 0.3) is 5.91 Å². The molecule has 43 heavy (non-hydrogen) atoms. The minimum atomic E-state index is -2.96. The summed E-state index contributed by atoms with van der Waals surface area (Å²) >= 11 is 1.44. The van der Waals surface area contributed by atoms with Crippen molar-refractivity contribution >= 4 is 35.0 Å². The summed E-state index contributed by atoms with van der Waals surface area (Å²) in [5.41, 5.74) is 1.54. The highest BCUT2D eigenvalue weighted by Gasteiger charge is 2.68. The maximum Gasteiger partial charge on any atom is 0.255 e. The van der Waals surface area contributed by atoms with Crippen LogP contribution in [0.2, 0.25) is 0 Å². The van der Waals surface area contributed by atoms with Gasteiger partial charge in [0, 0.05) is 33.6 Å². The fourth-order valence-corrected chi connectivity index (χ4v) is 8.05. The third-order valence-electron chi connectivity index (χ3n) is 8.91. The number of rotatable bonds is 5. The van der Waals surface area contributed by atoms with Crippen LogP contribution in [0.25, 0.3) is 5.76 Å². The number of aliphatic hydroxyl groups is 4. The van der Waals surface area contributed by atoms with E-state index in [2.05, 4.69) is 0 Å². The number of benzene rings is 2. The summed E-state index contributed by atoms with van der Waals surface area (Å²) < 4.78 is 0. The van der Waals surface area contributed by atoms with Gasteiger partial charge in [0.2, 0.25) is 5.78 Å². The van der Waals surface area contributed by atoms with E-state index in [1.54, 1.807) is 12.1 Å². The maximum atomic E-state index is 14.4. The van der Waals surface area contributed by atoms with Gasteiger partial charge in [0.1, 0.15) is 22.8 Å². The smallest absolute Gasteiger partial charge is 0.255 e. The molecule has 7 N–H and O–H groups in total. The van der Waals surface area contributed by atoms with E-state index in [0.717, 1.165) is 4.90 Å². The van der Waals surface area contributed by atoms with Crippen molar-refractivity contribution in [3.05, 3.63) is 76.1 Å². The van der Waals surface area contributed by atoms with E-state index in [0.29, 0.717) is 11.1 Å². The summed E-state index contributed by atoms with van der Waals surface area (Å²) in [6.45, 7) is 5.64. The first kappa shape index (κ1) is 30.8. The van der Waals surface area contributed by atoms with Gasteiger partial charge >= 0.3 is 0 Å². The molecule has 5 rings (SSSR count). The normalized spacial score (nSPS) is 29.0. The Bertz CT molecular complexity index is 1590. The fraction of sp³-hybridized carbons (Fsp3) is 0.406. The Morgan fingerprint density at radius 3 is 2.23 bits per heavy atom. The maximum absolute atomic E-state index is 14.4. The average Bonchev–Trinajstić information content (AvgIpc) is 2.92. The highest BCUT2D eigenvalue weighted by atomic mass is 32.2. The number of aromatic hydroxyl groups is 1. The molecule has 6 atom stereocenters. The van der Waals surface area contributed by atoms with Crippen LogP contribution in [0.3, 0.4) is 0 Å².